The molecular weight excluding hydrogens is 350 g/mol. The van der Waals surface area contributed by atoms with Crippen molar-refractivity contribution in [1.29, 1.82) is 0 Å². The molecular formula is C12H15N9OS2. The van der Waals surface area contributed by atoms with Crippen LogP contribution in [-0.2, 0) is 4.79 Å². The van der Waals surface area contributed by atoms with Crippen LogP contribution in [0.4, 0.5) is 16.6 Å². The monoisotopic (exact) mass is 365 g/mol. The number of rotatable bonds is 5. The van der Waals surface area contributed by atoms with Crippen LogP contribution < -0.4 is 5.32 Å². The van der Waals surface area contributed by atoms with Crippen molar-refractivity contribution in [3.05, 3.63) is 5.82 Å². The number of aromatic amines is 1. The normalized spacial score (nSPS) is 11.9. The molecule has 126 valence electrons. The second-order valence-electron chi connectivity index (χ2n) is 5.14. The molecule has 24 heavy (non-hydrogen) atoms. The highest BCUT2D eigenvalue weighted by Crippen LogP contribution is 2.32. The molecule has 3 rings (SSSR count). The summed E-state index contributed by atoms with van der Waals surface area (Å²) in [7, 11) is 0. The first-order chi connectivity index (χ1) is 11.5. The minimum Gasteiger partial charge on any atom is -0.307 e. The summed E-state index contributed by atoms with van der Waals surface area (Å²) in [5.41, 5.74) is 0.857. The maximum Gasteiger partial charge on any atom is 0.250 e. The zero-order valence-corrected chi connectivity index (χ0v) is 15.1. The van der Waals surface area contributed by atoms with Crippen LogP contribution in [0.5, 0.6) is 0 Å². The lowest BCUT2D eigenvalue weighted by molar-refractivity contribution is -0.114. The first-order valence-corrected chi connectivity index (χ1v) is 9.03. The van der Waals surface area contributed by atoms with Gasteiger partial charge >= 0.3 is 0 Å². The molecule has 0 bridgehead atoms. The van der Waals surface area contributed by atoms with E-state index in [9.17, 15) is 4.79 Å². The Morgan fingerprint density at radius 1 is 1.38 bits per heavy atom. The van der Waals surface area contributed by atoms with Gasteiger partial charge in [-0.15, -0.1) is 20.0 Å². The number of fused-ring (bicyclic) bond motifs is 1. The largest absolute Gasteiger partial charge is 0.307 e. The van der Waals surface area contributed by atoms with Crippen LogP contribution in [0, 0.1) is 0 Å². The van der Waals surface area contributed by atoms with E-state index in [0.717, 1.165) is 17.4 Å². The Balaban J connectivity index is 2.02. The van der Waals surface area contributed by atoms with E-state index < -0.39 is 0 Å². The number of H-pyrrole nitrogens is 1. The zero-order valence-electron chi connectivity index (χ0n) is 13.4. The summed E-state index contributed by atoms with van der Waals surface area (Å²) < 4.78 is 5.60. The Hall–Kier alpha value is -2.34. The summed E-state index contributed by atoms with van der Waals surface area (Å²) in [6, 6.07) is 0. The Kier molecular flexibility index (Phi) is 4.57. The lowest BCUT2D eigenvalue weighted by atomic mass is 10.2. The zero-order chi connectivity index (χ0) is 17.3. The lowest BCUT2D eigenvalue weighted by Crippen LogP contribution is -2.07. The molecule has 0 spiro atoms. The Morgan fingerprint density at radius 2 is 2.17 bits per heavy atom. The minimum absolute atomic E-state index is 0.202. The quantitative estimate of drug-likeness (QED) is 0.528. The van der Waals surface area contributed by atoms with Gasteiger partial charge in [0.15, 0.2) is 11.5 Å². The maximum absolute atomic E-state index is 11.4. The van der Waals surface area contributed by atoms with Gasteiger partial charge in [-0.05, 0) is 6.26 Å². The van der Waals surface area contributed by atoms with E-state index in [4.69, 9.17) is 0 Å². The van der Waals surface area contributed by atoms with Crippen LogP contribution in [0.3, 0.4) is 0 Å². The third-order valence-corrected chi connectivity index (χ3v) is 4.20. The predicted molar refractivity (Wildman–Crippen MR) is 91.6 cm³/mol. The number of azo groups is 1. The maximum atomic E-state index is 11.4. The summed E-state index contributed by atoms with van der Waals surface area (Å²) in [4.78, 5) is 20.0. The Morgan fingerprint density at radius 3 is 2.79 bits per heavy atom. The molecule has 0 aliphatic heterocycles. The molecule has 12 heteroatoms. The summed E-state index contributed by atoms with van der Waals surface area (Å²) in [5, 5.41) is 19.3. The molecule has 2 N–H and O–H groups in total. The fraction of sp³-hybridized carbons (Fsp3) is 0.417. The van der Waals surface area contributed by atoms with Gasteiger partial charge in [-0.1, -0.05) is 25.6 Å². The van der Waals surface area contributed by atoms with E-state index in [0.29, 0.717) is 21.6 Å². The second kappa shape index (κ2) is 6.65. The molecule has 3 heterocycles. The van der Waals surface area contributed by atoms with E-state index in [2.05, 4.69) is 40.1 Å². The van der Waals surface area contributed by atoms with Crippen LogP contribution in [0.15, 0.2) is 15.4 Å². The SMILES string of the molecule is CSc1nsc(N=Nc2c(NC(C)=O)nn3[nH]c(C(C)C)nc23)n1. The van der Waals surface area contributed by atoms with Crippen molar-refractivity contribution in [2.45, 2.75) is 31.8 Å². The topological polar surface area (TPSA) is 126 Å². The molecule has 0 saturated heterocycles. The second-order valence-corrected chi connectivity index (χ2v) is 6.64. The summed E-state index contributed by atoms with van der Waals surface area (Å²) in [5.74, 6) is 1.00. The number of amides is 1. The first-order valence-electron chi connectivity index (χ1n) is 7.03. The average molecular weight is 365 g/mol. The van der Waals surface area contributed by atoms with Gasteiger partial charge in [0.1, 0.15) is 5.82 Å². The van der Waals surface area contributed by atoms with Gasteiger partial charge in [-0.2, -0.15) is 9.36 Å². The van der Waals surface area contributed by atoms with E-state index in [1.807, 2.05) is 20.1 Å². The third-order valence-electron chi connectivity index (χ3n) is 2.94. The predicted octanol–water partition coefficient (Wildman–Crippen LogP) is 3.13. The molecule has 3 aromatic heterocycles. The van der Waals surface area contributed by atoms with Crippen molar-refractivity contribution in [2.75, 3.05) is 11.6 Å². The number of anilines is 1. The molecule has 10 nitrogen and oxygen atoms in total. The Labute approximate surface area is 145 Å². The molecule has 1 amide bonds. The Bertz CT molecular complexity index is 907. The fourth-order valence-corrected chi connectivity index (χ4v) is 2.90. The number of aromatic nitrogens is 6. The van der Waals surface area contributed by atoms with Crippen molar-refractivity contribution in [2.24, 2.45) is 10.2 Å². The number of nitrogens with one attached hydrogen (secondary N) is 2. The number of hydrogen-bond acceptors (Lipinski definition) is 9. The van der Waals surface area contributed by atoms with Crippen molar-refractivity contribution in [1.82, 2.24) is 29.2 Å². The minimum atomic E-state index is -0.253. The van der Waals surface area contributed by atoms with Gasteiger partial charge in [0.05, 0.1) is 0 Å². The highest BCUT2D eigenvalue weighted by Gasteiger charge is 2.19. The molecule has 0 unspecified atom stereocenters. The van der Waals surface area contributed by atoms with Crippen LogP contribution in [0.25, 0.3) is 5.65 Å². The van der Waals surface area contributed by atoms with E-state index in [1.54, 1.807) is 0 Å². The fourth-order valence-electron chi connectivity index (χ4n) is 1.85. The molecule has 0 aliphatic rings. The number of carbonyl (C=O) groups is 1. The standard InChI is InChI=1S/C12H15N9OS2/c1-5(2)8-14-10-7(9(13-6(3)22)19-21(10)18-8)16-17-11-15-12(23-4)20-24-11/h5H,1-4H3,(H,14,18)(H,13,19,22). The molecule has 0 radical (unpaired) electrons. The van der Waals surface area contributed by atoms with Crippen molar-refractivity contribution >= 4 is 51.5 Å². The number of nitrogens with zero attached hydrogens (tertiary/aromatic N) is 7. The smallest absolute Gasteiger partial charge is 0.250 e. The highest BCUT2D eigenvalue weighted by atomic mass is 32.2. The molecule has 0 aliphatic carbocycles. The highest BCUT2D eigenvalue weighted by molar-refractivity contribution is 7.98. The van der Waals surface area contributed by atoms with Gasteiger partial charge in [0, 0.05) is 24.4 Å². The van der Waals surface area contributed by atoms with Gasteiger partial charge in [-0.3, -0.25) is 9.89 Å². The van der Waals surface area contributed by atoms with Crippen molar-refractivity contribution in [3.8, 4) is 0 Å². The molecule has 0 atom stereocenters. The number of hydrogen-bond donors (Lipinski definition) is 2. The molecule has 3 aromatic rings. The van der Waals surface area contributed by atoms with Crippen LogP contribution in [0.2, 0.25) is 0 Å². The van der Waals surface area contributed by atoms with Crippen molar-refractivity contribution in [3.63, 3.8) is 0 Å². The van der Waals surface area contributed by atoms with E-state index >= 15 is 0 Å². The number of carbonyl (C=O) groups excluding carboxylic acids is 1. The molecule has 0 fully saturated rings. The van der Waals surface area contributed by atoms with Crippen LogP contribution >= 0.6 is 23.3 Å². The van der Waals surface area contributed by atoms with Crippen molar-refractivity contribution < 1.29 is 4.79 Å². The average Bonchev–Trinajstić information content (AvgIpc) is 3.19. The van der Waals surface area contributed by atoms with Crippen LogP contribution in [0.1, 0.15) is 32.5 Å². The summed E-state index contributed by atoms with van der Waals surface area (Å²) in [6.07, 6.45) is 1.89. The van der Waals surface area contributed by atoms with Gasteiger partial charge in [0.2, 0.25) is 21.8 Å². The molecule has 0 saturated carbocycles. The summed E-state index contributed by atoms with van der Waals surface area (Å²) in [6.45, 7) is 5.43. The lowest BCUT2D eigenvalue weighted by Gasteiger charge is -1.98. The van der Waals surface area contributed by atoms with Gasteiger partial charge < -0.3 is 5.32 Å². The van der Waals surface area contributed by atoms with E-state index in [-0.39, 0.29) is 17.6 Å². The number of thioether (sulfide) groups is 1. The van der Waals surface area contributed by atoms with Gasteiger partial charge in [0.25, 0.3) is 0 Å². The third kappa shape index (κ3) is 3.28. The molecule has 0 aromatic carbocycles. The first kappa shape index (κ1) is 16.5. The van der Waals surface area contributed by atoms with Gasteiger partial charge in [-0.25, -0.2) is 4.98 Å². The van der Waals surface area contributed by atoms with Crippen LogP contribution in [-0.4, -0.2) is 41.3 Å². The summed E-state index contributed by atoms with van der Waals surface area (Å²) >= 11 is 2.58. The van der Waals surface area contributed by atoms with E-state index in [1.165, 1.54) is 23.3 Å².